The zero-order valence-electron chi connectivity index (χ0n) is 34.7. The number of methoxy groups -OCH3 is 2. The molecule has 3 aliphatic heterocycles. The molecule has 3 fully saturated rings. The van der Waals surface area contributed by atoms with Crippen LogP contribution in [0.5, 0.6) is 0 Å². The SMILES string of the molecule is COC(=O)N[C@H](C(=O)N1C[C@]2(CCCO2)C[C@H]1c1ncc(-c2ccc(-c3ccc(-c4cnc([C@]5(C)CSCN5C(=O)[C@@H](NC(=O)OC)C(C)C)[nH]4)cc3)cc2)[nH]1)C(C)C. The molecule has 7 rings (SSSR count). The molecule has 4 amide bonds. The Bertz CT molecular complexity index is 2150. The Hall–Kier alpha value is -5.35. The molecule has 314 valence electrons. The van der Waals surface area contributed by atoms with E-state index in [9.17, 15) is 19.2 Å². The van der Waals surface area contributed by atoms with Gasteiger partial charge in [-0.25, -0.2) is 19.6 Å². The maximum atomic E-state index is 14.0. The van der Waals surface area contributed by atoms with E-state index in [2.05, 4.69) is 44.9 Å². The van der Waals surface area contributed by atoms with E-state index in [-0.39, 0.29) is 29.7 Å². The van der Waals surface area contributed by atoms with Gasteiger partial charge in [0, 0.05) is 18.8 Å². The van der Waals surface area contributed by atoms with Crippen molar-refractivity contribution < 1.29 is 33.4 Å². The number of nitrogens with zero attached hydrogens (tertiary/aromatic N) is 4. The van der Waals surface area contributed by atoms with Gasteiger partial charge in [0.25, 0.3) is 0 Å². The number of nitrogens with one attached hydrogen (secondary N) is 4. The van der Waals surface area contributed by atoms with Crippen molar-refractivity contribution in [3.05, 3.63) is 72.6 Å². The van der Waals surface area contributed by atoms with Gasteiger partial charge in [-0.2, -0.15) is 0 Å². The molecule has 15 nitrogen and oxygen atoms in total. The third-order valence-electron chi connectivity index (χ3n) is 11.8. The number of H-pyrrole nitrogens is 2. The van der Waals surface area contributed by atoms with Gasteiger partial charge in [0.1, 0.15) is 29.3 Å². The monoisotopic (exact) mass is 826 g/mol. The summed E-state index contributed by atoms with van der Waals surface area (Å²) >= 11 is 1.65. The van der Waals surface area contributed by atoms with Crippen LogP contribution in [-0.4, -0.2) is 110 Å². The van der Waals surface area contributed by atoms with Crippen LogP contribution in [-0.2, 0) is 29.3 Å². The molecule has 4 N–H and O–H groups in total. The summed E-state index contributed by atoms with van der Waals surface area (Å²) in [5, 5.41) is 5.43. The fraction of sp³-hybridized carbons (Fsp3) is 0.488. The van der Waals surface area contributed by atoms with Crippen molar-refractivity contribution in [1.29, 1.82) is 0 Å². The van der Waals surface area contributed by atoms with E-state index >= 15 is 0 Å². The molecular weight excluding hydrogens is 773 g/mol. The van der Waals surface area contributed by atoms with Gasteiger partial charge in [0.05, 0.1) is 62.1 Å². The highest BCUT2D eigenvalue weighted by molar-refractivity contribution is 7.99. The van der Waals surface area contributed by atoms with Crippen molar-refractivity contribution in [2.75, 3.05) is 39.0 Å². The number of ether oxygens (including phenoxy) is 3. The average molecular weight is 827 g/mol. The smallest absolute Gasteiger partial charge is 0.407 e. The summed E-state index contributed by atoms with van der Waals surface area (Å²) in [4.78, 5) is 72.0. The van der Waals surface area contributed by atoms with Gasteiger partial charge in [-0.3, -0.25) is 9.59 Å². The fourth-order valence-electron chi connectivity index (χ4n) is 8.35. The molecule has 16 heteroatoms. The number of amides is 4. The van der Waals surface area contributed by atoms with Crippen molar-refractivity contribution in [3.8, 4) is 33.6 Å². The highest BCUT2D eigenvalue weighted by Crippen LogP contribution is 2.45. The molecule has 3 saturated heterocycles. The number of imidazole rings is 2. The molecule has 3 aliphatic rings. The standard InChI is InChI=1S/C43H54N8O7S/c1-25(2)34(48-40(54)56-6)37(52)50-22-43(17-8-18-58-43)19-33(50)36-44-20-31(46-36)29-13-9-27(10-14-29)28-11-15-30(16-12-28)32-21-45-39(47-32)42(5)23-59-24-51(42)38(53)35(26(3)4)49-41(55)57-7/h9-16,20-21,25-26,33-35H,8,17-19,22-24H2,1-7H3,(H,44,46)(H,45,47)(H,48,54)(H,49,55)/t33-,34-,35-,42-,43-/m0/s1. The number of carbonyl (C=O) groups excluding carboxylic acids is 4. The predicted octanol–water partition coefficient (Wildman–Crippen LogP) is 6.47. The average Bonchev–Trinajstić information content (AvgIpc) is 4.10. The van der Waals surface area contributed by atoms with E-state index in [4.69, 9.17) is 24.2 Å². The topological polar surface area (TPSA) is 184 Å². The van der Waals surface area contributed by atoms with Crippen molar-refractivity contribution >= 4 is 35.8 Å². The first-order valence-corrected chi connectivity index (χ1v) is 21.3. The first kappa shape index (κ1) is 41.8. The van der Waals surface area contributed by atoms with E-state index in [1.807, 2.05) is 63.8 Å². The lowest BCUT2D eigenvalue weighted by Gasteiger charge is -2.36. The van der Waals surface area contributed by atoms with Gasteiger partial charge in [-0.1, -0.05) is 76.2 Å². The van der Waals surface area contributed by atoms with E-state index in [1.54, 1.807) is 29.1 Å². The molecule has 2 aromatic carbocycles. The molecule has 5 heterocycles. The molecular formula is C43H54N8O7S. The van der Waals surface area contributed by atoms with Gasteiger partial charge in [-0.15, -0.1) is 11.8 Å². The second-order valence-electron chi connectivity index (χ2n) is 16.5. The second-order valence-corrected chi connectivity index (χ2v) is 17.5. The van der Waals surface area contributed by atoms with Crippen molar-refractivity contribution in [2.24, 2.45) is 11.8 Å². The number of hydrogen-bond donors (Lipinski definition) is 4. The van der Waals surface area contributed by atoms with Crippen LogP contribution < -0.4 is 10.6 Å². The molecule has 59 heavy (non-hydrogen) atoms. The summed E-state index contributed by atoms with van der Waals surface area (Å²) in [5.74, 6) is 1.86. The number of aromatic amines is 2. The molecule has 0 radical (unpaired) electrons. The first-order valence-electron chi connectivity index (χ1n) is 20.1. The molecule has 2 aromatic heterocycles. The summed E-state index contributed by atoms with van der Waals surface area (Å²) < 4.78 is 15.8. The predicted molar refractivity (Wildman–Crippen MR) is 224 cm³/mol. The number of hydrogen-bond acceptors (Lipinski definition) is 10. The highest BCUT2D eigenvalue weighted by Gasteiger charge is 2.51. The highest BCUT2D eigenvalue weighted by atomic mass is 32.2. The van der Waals surface area contributed by atoms with E-state index in [0.29, 0.717) is 42.9 Å². The van der Waals surface area contributed by atoms with Crippen LogP contribution in [0.1, 0.15) is 71.6 Å². The lowest BCUT2D eigenvalue weighted by molar-refractivity contribution is -0.138. The van der Waals surface area contributed by atoms with Crippen molar-refractivity contribution in [3.63, 3.8) is 0 Å². The number of carbonyl (C=O) groups is 4. The van der Waals surface area contributed by atoms with Crippen LogP contribution in [0.15, 0.2) is 60.9 Å². The maximum Gasteiger partial charge on any atom is 0.407 e. The van der Waals surface area contributed by atoms with Crippen molar-refractivity contribution in [1.82, 2.24) is 40.4 Å². The quantitative estimate of drug-likeness (QED) is 0.131. The van der Waals surface area contributed by atoms with Gasteiger partial charge < -0.3 is 44.6 Å². The van der Waals surface area contributed by atoms with Crippen LogP contribution in [0.25, 0.3) is 33.6 Å². The normalized spacial score (nSPS) is 22.6. The van der Waals surface area contributed by atoms with Crippen LogP contribution in [0.3, 0.4) is 0 Å². The summed E-state index contributed by atoms with van der Waals surface area (Å²) in [6, 6.07) is 14.7. The molecule has 1 spiro atoms. The van der Waals surface area contributed by atoms with Crippen LogP contribution in [0.4, 0.5) is 9.59 Å². The Morgan fingerprint density at radius 3 is 1.90 bits per heavy atom. The minimum absolute atomic E-state index is 0.133. The van der Waals surface area contributed by atoms with Gasteiger partial charge in [0.2, 0.25) is 11.8 Å². The lowest BCUT2D eigenvalue weighted by atomic mass is 9.96. The number of benzene rings is 2. The van der Waals surface area contributed by atoms with Crippen molar-refractivity contribution in [2.45, 2.75) is 83.1 Å². The molecule has 0 aliphatic carbocycles. The Morgan fingerprint density at radius 2 is 1.36 bits per heavy atom. The zero-order chi connectivity index (χ0) is 42.1. The van der Waals surface area contributed by atoms with Gasteiger partial charge >= 0.3 is 12.2 Å². The van der Waals surface area contributed by atoms with Crippen LogP contribution in [0, 0.1) is 11.8 Å². The molecule has 0 saturated carbocycles. The summed E-state index contributed by atoms with van der Waals surface area (Å²) in [5.41, 5.74) is 4.54. The summed E-state index contributed by atoms with van der Waals surface area (Å²) in [6.07, 6.45) is 4.73. The third kappa shape index (κ3) is 8.42. The van der Waals surface area contributed by atoms with Crippen LogP contribution >= 0.6 is 11.8 Å². The number of thioether (sulfide) groups is 1. The number of alkyl carbamates (subject to hydrolysis) is 2. The first-order chi connectivity index (χ1) is 28.3. The second kappa shape index (κ2) is 17.1. The minimum atomic E-state index is -0.751. The minimum Gasteiger partial charge on any atom is -0.453 e. The zero-order valence-corrected chi connectivity index (χ0v) is 35.5. The molecule has 4 aromatic rings. The van der Waals surface area contributed by atoms with Gasteiger partial charge in [0.15, 0.2) is 0 Å². The Morgan fingerprint density at radius 1 is 0.814 bits per heavy atom. The number of aromatic nitrogens is 4. The Kier molecular flexibility index (Phi) is 12.1. The Labute approximate surface area is 348 Å². The Balaban J connectivity index is 1.04. The third-order valence-corrected chi connectivity index (χ3v) is 13.0. The number of likely N-dealkylation sites (tertiary alicyclic amines) is 1. The largest absolute Gasteiger partial charge is 0.453 e. The van der Waals surface area contributed by atoms with Crippen LogP contribution in [0.2, 0.25) is 0 Å². The summed E-state index contributed by atoms with van der Waals surface area (Å²) in [7, 11) is 2.57. The maximum absolute atomic E-state index is 14.0. The fourth-order valence-corrected chi connectivity index (χ4v) is 9.72. The summed E-state index contributed by atoms with van der Waals surface area (Å²) in [6.45, 7) is 10.7. The van der Waals surface area contributed by atoms with E-state index in [1.165, 1.54) is 14.2 Å². The van der Waals surface area contributed by atoms with E-state index in [0.717, 1.165) is 46.5 Å². The molecule has 0 unspecified atom stereocenters. The molecule has 5 atom stereocenters. The molecule has 0 bridgehead atoms. The van der Waals surface area contributed by atoms with Gasteiger partial charge in [-0.05, 0) is 53.9 Å². The number of rotatable bonds is 11. The lowest BCUT2D eigenvalue weighted by Crippen LogP contribution is -2.55. The van der Waals surface area contributed by atoms with E-state index < -0.39 is 35.4 Å².